The predicted octanol–water partition coefficient (Wildman–Crippen LogP) is 2.75. The Labute approximate surface area is 176 Å². The zero-order chi connectivity index (χ0) is 21.3. The maximum Gasteiger partial charge on any atom is 0.313 e. The Hall–Kier alpha value is -3.19. The molecular formula is C23H28N4O3. The molecule has 0 bridgehead atoms. The van der Waals surface area contributed by atoms with E-state index in [9.17, 15) is 14.4 Å². The van der Waals surface area contributed by atoms with Gasteiger partial charge in [-0.1, -0.05) is 36.8 Å². The highest BCUT2D eigenvalue weighted by Gasteiger charge is 2.24. The van der Waals surface area contributed by atoms with Crippen LogP contribution in [0.25, 0.3) is 0 Å². The van der Waals surface area contributed by atoms with E-state index < -0.39 is 11.8 Å². The van der Waals surface area contributed by atoms with Crippen molar-refractivity contribution in [3.05, 3.63) is 60.2 Å². The molecule has 1 atom stereocenters. The molecule has 1 saturated heterocycles. The van der Waals surface area contributed by atoms with Crippen LogP contribution in [-0.2, 0) is 20.9 Å². The molecule has 1 aliphatic heterocycles. The van der Waals surface area contributed by atoms with E-state index in [-0.39, 0.29) is 11.9 Å². The lowest BCUT2D eigenvalue weighted by molar-refractivity contribution is -0.136. The highest BCUT2D eigenvalue weighted by Crippen LogP contribution is 2.19. The smallest absolute Gasteiger partial charge is 0.313 e. The fraction of sp³-hybridized carbons (Fsp3) is 0.348. The Morgan fingerprint density at radius 2 is 1.57 bits per heavy atom. The molecule has 158 valence electrons. The lowest BCUT2D eigenvalue weighted by Crippen LogP contribution is -2.48. The summed E-state index contributed by atoms with van der Waals surface area (Å²) in [7, 11) is 0. The van der Waals surface area contributed by atoms with Crippen molar-refractivity contribution in [3.63, 3.8) is 0 Å². The fourth-order valence-corrected chi connectivity index (χ4v) is 3.64. The van der Waals surface area contributed by atoms with Crippen LogP contribution in [0.4, 0.5) is 11.4 Å². The number of hydrogen-bond acceptors (Lipinski definition) is 4. The van der Waals surface area contributed by atoms with Gasteiger partial charge in [0.1, 0.15) is 0 Å². The summed E-state index contributed by atoms with van der Waals surface area (Å²) in [5, 5.41) is 8.01. The minimum absolute atomic E-state index is 0.171. The van der Waals surface area contributed by atoms with Gasteiger partial charge in [0.25, 0.3) is 0 Å². The van der Waals surface area contributed by atoms with E-state index >= 15 is 0 Å². The molecule has 1 heterocycles. The van der Waals surface area contributed by atoms with Gasteiger partial charge in [0.05, 0.1) is 0 Å². The molecule has 0 radical (unpaired) electrons. The zero-order valence-corrected chi connectivity index (χ0v) is 17.2. The second-order valence-corrected chi connectivity index (χ2v) is 7.53. The molecule has 1 fully saturated rings. The molecule has 7 nitrogen and oxygen atoms in total. The predicted molar refractivity (Wildman–Crippen MR) is 117 cm³/mol. The van der Waals surface area contributed by atoms with Crippen LogP contribution >= 0.6 is 0 Å². The number of amides is 3. The Kier molecular flexibility index (Phi) is 7.57. The van der Waals surface area contributed by atoms with Crippen LogP contribution in [0.1, 0.15) is 31.7 Å². The van der Waals surface area contributed by atoms with Gasteiger partial charge in [-0.2, -0.15) is 0 Å². The molecule has 3 amide bonds. The van der Waals surface area contributed by atoms with Crippen molar-refractivity contribution in [3.8, 4) is 0 Å². The van der Waals surface area contributed by atoms with Gasteiger partial charge in [0.15, 0.2) is 0 Å². The van der Waals surface area contributed by atoms with Crippen molar-refractivity contribution in [2.45, 2.75) is 38.8 Å². The fourth-order valence-electron chi connectivity index (χ4n) is 3.64. The number of anilines is 2. The average Bonchev–Trinajstić information content (AvgIpc) is 2.74. The molecule has 7 heteroatoms. The number of nitrogens with zero attached hydrogens (tertiary/aromatic N) is 1. The third kappa shape index (κ3) is 6.42. The van der Waals surface area contributed by atoms with E-state index in [4.69, 9.17) is 0 Å². The largest absolute Gasteiger partial charge is 0.346 e. The van der Waals surface area contributed by atoms with Gasteiger partial charge in [0, 0.05) is 37.4 Å². The molecule has 0 aromatic heterocycles. The van der Waals surface area contributed by atoms with Gasteiger partial charge in [-0.05, 0) is 49.2 Å². The number of rotatable bonds is 6. The molecule has 0 aliphatic carbocycles. The summed E-state index contributed by atoms with van der Waals surface area (Å²) in [4.78, 5) is 37.9. The van der Waals surface area contributed by atoms with E-state index in [2.05, 4.69) is 33.0 Å². The summed E-state index contributed by atoms with van der Waals surface area (Å²) < 4.78 is 0. The number of carbonyl (C=O) groups excluding carboxylic acids is 3. The van der Waals surface area contributed by atoms with Gasteiger partial charge >= 0.3 is 11.8 Å². The molecule has 3 N–H and O–H groups in total. The number of likely N-dealkylation sites (tertiary alicyclic amines) is 1. The first kappa shape index (κ1) is 21.5. The monoisotopic (exact) mass is 408 g/mol. The minimum Gasteiger partial charge on any atom is -0.346 e. The first-order chi connectivity index (χ1) is 14.5. The van der Waals surface area contributed by atoms with Crippen LogP contribution in [0.3, 0.4) is 0 Å². The Bertz CT molecular complexity index is 868. The van der Waals surface area contributed by atoms with E-state index in [0.29, 0.717) is 17.9 Å². The van der Waals surface area contributed by atoms with Crippen molar-refractivity contribution in [2.24, 2.45) is 0 Å². The van der Waals surface area contributed by atoms with Crippen molar-refractivity contribution in [1.82, 2.24) is 10.2 Å². The van der Waals surface area contributed by atoms with Crippen LogP contribution in [0.2, 0.25) is 0 Å². The van der Waals surface area contributed by atoms with Gasteiger partial charge in [-0.3, -0.25) is 19.3 Å². The first-order valence-electron chi connectivity index (χ1n) is 10.3. The molecule has 1 unspecified atom stereocenters. The van der Waals surface area contributed by atoms with Gasteiger partial charge in [0.2, 0.25) is 5.91 Å². The average molecular weight is 409 g/mol. The maximum atomic E-state index is 12.3. The standard InChI is InChI=1S/C23H28N4O3/c1-17(28)25-19-10-12-20(13-11-19)26-23(30)22(29)24-15-21-9-5-6-14-27(21)16-18-7-3-2-4-8-18/h2-4,7-8,10-13,21H,5-6,9,14-16H2,1H3,(H,24,29)(H,25,28)(H,26,30). The van der Waals surface area contributed by atoms with Gasteiger partial charge in [-0.15, -0.1) is 0 Å². The van der Waals surface area contributed by atoms with Crippen LogP contribution in [0.5, 0.6) is 0 Å². The maximum absolute atomic E-state index is 12.3. The quantitative estimate of drug-likeness (QED) is 0.641. The molecule has 2 aromatic carbocycles. The molecule has 3 rings (SSSR count). The molecule has 1 aliphatic rings. The molecular weight excluding hydrogens is 380 g/mol. The highest BCUT2D eigenvalue weighted by molar-refractivity contribution is 6.39. The molecule has 2 aromatic rings. The number of carbonyl (C=O) groups is 3. The third-order valence-electron chi connectivity index (χ3n) is 5.15. The summed E-state index contributed by atoms with van der Waals surface area (Å²) in [6, 6.07) is 17.1. The topological polar surface area (TPSA) is 90.5 Å². The molecule has 30 heavy (non-hydrogen) atoms. The van der Waals surface area contributed by atoms with Gasteiger partial charge in [-0.25, -0.2) is 0 Å². The van der Waals surface area contributed by atoms with Crippen LogP contribution in [0, 0.1) is 0 Å². The summed E-state index contributed by atoms with van der Waals surface area (Å²) in [5.41, 5.74) is 2.37. The minimum atomic E-state index is -0.701. The lowest BCUT2D eigenvalue weighted by atomic mass is 10.0. The van der Waals surface area contributed by atoms with Crippen LogP contribution in [0.15, 0.2) is 54.6 Å². The normalized spacial score (nSPS) is 16.5. The SMILES string of the molecule is CC(=O)Nc1ccc(NC(=O)C(=O)NCC2CCCCN2Cc2ccccc2)cc1. The van der Waals surface area contributed by atoms with Crippen LogP contribution < -0.4 is 16.0 Å². The molecule has 0 spiro atoms. The Morgan fingerprint density at radius 1 is 0.900 bits per heavy atom. The summed E-state index contributed by atoms with van der Waals surface area (Å²) >= 11 is 0. The van der Waals surface area contributed by atoms with E-state index in [1.165, 1.54) is 12.5 Å². The second kappa shape index (κ2) is 10.5. The number of benzene rings is 2. The van der Waals surface area contributed by atoms with Crippen molar-refractivity contribution < 1.29 is 14.4 Å². The van der Waals surface area contributed by atoms with E-state index in [1.54, 1.807) is 24.3 Å². The van der Waals surface area contributed by atoms with Crippen molar-refractivity contribution in [1.29, 1.82) is 0 Å². The third-order valence-corrected chi connectivity index (χ3v) is 5.15. The second-order valence-electron chi connectivity index (χ2n) is 7.53. The van der Waals surface area contributed by atoms with Gasteiger partial charge < -0.3 is 16.0 Å². The lowest BCUT2D eigenvalue weighted by Gasteiger charge is -2.35. The zero-order valence-electron chi connectivity index (χ0n) is 17.2. The summed E-state index contributed by atoms with van der Waals surface area (Å²) in [6.07, 6.45) is 3.27. The highest BCUT2D eigenvalue weighted by atomic mass is 16.2. The summed E-state index contributed by atoms with van der Waals surface area (Å²) in [6.45, 7) is 3.70. The Balaban J connectivity index is 1.49. The Morgan fingerprint density at radius 3 is 2.23 bits per heavy atom. The molecule has 0 saturated carbocycles. The number of hydrogen-bond donors (Lipinski definition) is 3. The van der Waals surface area contributed by atoms with Crippen LogP contribution in [-0.4, -0.2) is 41.8 Å². The van der Waals surface area contributed by atoms with Crippen molar-refractivity contribution >= 4 is 29.1 Å². The number of piperidine rings is 1. The van der Waals surface area contributed by atoms with Crippen molar-refractivity contribution in [2.75, 3.05) is 23.7 Å². The number of nitrogens with one attached hydrogen (secondary N) is 3. The van der Waals surface area contributed by atoms with E-state index in [0.717, 1.165) is 32.4 Å². The van der Waals surface area contributed by atoms with E-state index in [1.807, 2.05) is 18.2 Å². The summed E-state index contributed by atoms with van der Waals surface area (Å²) in [5.74, 6) is -1.52. The first-order valence-corrected chi connectivity index (χ1v) is 10.3.